The molecule has 1 heterocycles. The van der Waals surface area contributed by atoms with Gasteiger partial charge in [0.25, 0.3) is 0 Å². The highest BCUT2D eigenvalue weighted by Crippen LogP contribution is 2.40. The van der Waals surface area contributed by atoms with Crippen LogP contribution in [0.5, 0.6) is 0 Å². The predicted molar refractivity (Wildman–Crippen MR) is 65.1 cm³/mol. The van der Waals surface area contributed by atoms with Gasteiger partial charge in [-0.25, -0.2) is 0 Å². The third kappa shape index (κ3) is 2.36. The highest BCUT2D eigenvalue weighted by atomic mass is 127. The van der Waals surface area contributed by atoms with E-state index in [1.54, 1.807) is 0 Å². The lowest BCUT2D eigenvalue weighted by Gasteiger charge is -2.32. The minimum Gasteiger partial charge on any atom is -0.347 e. The Kier molecular flexibility index (Phi) is 4.01. The van der Waals surface area contributed by atoms with Crippen LogP contribution in [0.25, 0.3) is 0 Å². The molecule has 0 N–H and O–H groups in total. The summed E-state index contributed by atoms with van der Waals surface area (Å²) in [6.07, 6.45) is 4.59. The Morgan fingerprint density at radius 2 is 2.13 bits per heavy atom. The van der Waals surface area contributed by atoms with Crippen molar-refractivity contribution in [1.29, 1.82) is 0 Å². The number of ether oxygens (including phenoxy) is 2. The molecule has 1 aliphatic carbocycles. The molecule has 15 heavy (non-hydrogen) atoms. The number of ketones is 1. The third-order valence-corrected chi connectivity index (χ3v) is 4.03. The van der Waals surface area contributed by atoms with Crippen LogP contribution in [0.3, 0.4) is 0 Å². The van der Waals surface area contributed by atoms with Crippen molar-refractivity contribution in [3.05, 3.63) is 0 Å². The van der Waals surface area contributed by atoms with Crippen LogP contribution < -0.4 is 0 Å². The van der Waals surface area contributed by atoms with Gasteiger partial charge in [-0.05, 0) is 23.7 Å². The lowest BCUT2D eigenvalue weighted by atomic mass is 9.92. The quantitative estimate of drug-likeness (QED) is 0.588. The molecule has 1 unspecified atom stereocenters. The molecule has 86 valence electrons. The van der Waals surface area contributed by atoms with Gasteiger partial charge in [-0.2, -0.15) is 0 Å². The van der Waals surface area contributed by atoms with E-state index < -0.39 is 5.79 Å². The van der Waals surface area contributed by atoms with Gasteiger partial charge < -0.3 is 9.47 Å². The number of Topliss-reactive ketones (excluding diaryl/α,β-unsaturated/α-hetero) is 1. The van der Waals surface area contributed by atoms with Crippen molar-refractivity contribution in [2.24, 2.45) is 5.92 Å². The fourth-order valence-electron chi connectivity index (χ4n) is 2.58. The Bertz CT molecular complexity index is 236. The number of carbonyl (C=O) groups excluding carboxylic acids is 1. The van der Waals surface area contributed by atoms with E-state index in [0.29, 0.717) is 25.4 Å². The standard InChI is InChI=1S/C11H17IO3/c12-6-2-5-11(14-7-8-15-11)9-3-1-4-10(9)13/h9H,1-8H2. The average molecular weight is 324 g/mol. The molecule has 0 spiro atoms. The van der Waals surface area contributed by atoms with Crippen LogP contribution in [-0.2, 0) is 14.3 Å². The second-order valence-corrected chi connectivity index (χ2v) is 5.29. The van der Waals surface area contributed by atoms with Crippen molar-refractivity contribution in [1.82, 2.24) is 0 Å². The topological polar surface area (TPSA) is 35.5 Å². The van der Waals surface area contributed by atoms with Crippen LogP contribution in [0.15, 0.2) is 0 Å². The molecule has 2 aliphatic rings. The van der Waals surface area contributed by atoms with E-state index in [4.69, 9.17) is 9.47 Å². The first-order valence-electron chi connectivity index (χ1n) is 5.65. The van der Waals surface area contributed by atoms with E-state index in [-0.39, 0.29) is 5.92 Å². The number of carbonyl (C=O) groups is 1. The van der Waals surface area contributed by atoms with Crippen molar-refractivity contribution in [3.8, 4) is 0 Å². The lowest BCUT2D eigenvalue weighted by Crippen LogP contribution is -2.41. The van der Waals surface area contributed by atoms with Gasteiger partial charge in [-0.15, -0.1) is 0 Å². The Hall–Kier alpha value is 0.320. The maximum atomic E-state index is 11.8. The fourth-order valence-corrected chi connectivity index (χ4v) is 2.97. The normalized spacial score (nSPS) is 29.9. The summed E-state index contributed by atoms with van der Waals surface area (Å²) >= 11 is 2.35. The number of alkyl halides is 1. The molecule has 0 aromatic rings. The van der Waals surface area contributed by atoms with Crippen LogP contribution in [0.2, 0.25) is 0 Å². The molecule has 0 radical (unpaired) electrons. The number of halogens is 1. The molecule has 4 heteroatoms. The zero-order valence-corrected chi connectivity index (χ0v) is 11.0. The van der Waals surface area contributed by atoms with Gasteiger partial charge >= 0.3 is 0 Å². The van der Waals surface area contributed by atoms with E-state index in [1.807, 2.05) is 0 Å². The highest BCUT2D eigenvalue weighted by Gasteiger charge is 2.48. The summed E-state index contributed by atoms with van der Waals surface area (Å²) in [7, 11) is 0. The van der Waals surface area contributed by atoms with Crippen molar-refractivity contribution >= 4 is 28.4 Å². The van der Waals surface area contributed by atoms with Crippen molar-refractivity contribution in [2.75, 3.05) is 17.6 Å². The monoisotopic (exact) mass is 324 g/mol. The number of hydrogen-bond acceptors (Lipinski definition) is 3. The molecular formula is C11H17IO3. The fraction of sp³-hybridized carbons (Fsp3) is 0.909. The van der Waals surface area contributed by atoms with Crippen LogP contribution in [0.4, 0.5) is 0 Å². The summed E-state index contributed by atoms with van der Waals surface area (Å²) in [4.78, 5) is 11.8. The number of hydrogen-bond donors (Lipinski definition) is 0. The Morgan fingerprint density at radius 3 is 2.67 bits per heavy atom. The molecule has 1 aliphatic heterocycles. The van der Waals surface area contributed by atoms with Crippen molar-refractivity contribution < 1.29 is 14.3 Å². The minimum atomic E-state index is -0.557. The molecule has 1 saturated heterocycles. The van der Waals surface area contributed by atoms with Gasteiger partial charge in [0.05, 0.1) is 19.1 Å². The summed E-state index contributed by atoms with van der Waals surface area (Å²) in [5.41, 5.74) is 0. The second-order valence-electron chi connectivity index (χ2n) is 4.21. The highest BCUT2D eigenvalue weighted by molar-refractivity contribution is 14.1. The summed E-state index contributed by atoms with van der Waals surface area (Å²) < 4.78 is 12.6. The average Bonchev–Trinajstić information content (AvgIpc) is 2.84. The van der Waals surface area contributed by atoms with E-state index in [1.165, 1.54) is 0 Å². The second kappa shape index (κ2) is 5.10. The van der Waals surface area contributed by atoms with E-state index in [2.05, 4.69) is 22.6 Å². The van der Waals surface area contributed by atoms with Gasteiger partial charge in [0.15, 0.2) is 5.79 Å². The molecule has 0 bridgehead atoms. The number of rotatable bonds is 4. The van der Waals surface area contributed by atoms with Gasteiger partial charge in [0.2, 0.25) is 0 Å². The molecule has 2 rings (SSSR count). The molecule has 3 nitrogen and oxygen atoms in total. The van der Waals surface area contributed by atoms with Gasteiger partial charge in [0, 0.05) is 12.8 Å². The van der Waals surface area contributed by atoms with Crippen molar-refractivity contribution in [2.45, 2.75) is 37.9 Å². The van der Waals surface area contributed by atoms with E-state index in [9.17, 15) is 4.79 Å². The summed E-state index contributed by atoms with van der Waals surface area (Å²) in [5, 5.41) is 0. The van der Waals surface area contributed by atoms with Crippen LogP contribution in [-0.4, -0.2) is 29.2 Å². The predicted octanol–water partition coefficient (Wildman–Crippen LogP) is 2.31. The third-order valence-electron chi connectivity index (χ3n) is 3.27. The molecule has 0 aromatic heterocycles. The molecular weight excluding hydrogens is 307 g/mol. The van der Waals surface area contributed by atoms with Gasteiger partial charge in [-0.1, -0.05) is 22.6 Å². The Labute approximate surface area is 104 Å². The summed E-state index contributed by atoms with van der Waals surface area (Å²) in [5.74, 6) is -0.216. The Balaban J connectivity index is 2.07. The van der Waals surface area contributed by atoms with Gasteiger partial charge in [-0.3, -0.25) is 4.79 Å². The summed E-state index contributed by atoms with van der Waals surface area (Å²) in [6.45, 7) is 1.29. The van der Waals surface area contributed by atoms with Crippen molar-refractivity contribution in [3.63, 3.8) is 0 Å². The van der Waals surface area contributed by atoms with E-state index in [0.717, 1.165) is 30.1 Å². The smallest absolute Gasteiger partial charge is 0.178 e. The Morgan fingerprint density at radius 1 is 1.40 bits per heavy atom. The SMILES string of the molecule is O=C1CCCC1C1(CCCI)OCCO1. The molecule has 0 amide bonds. The molecule has 2 fully saturated rings. The maximum Gasteiger partial charge on any atom is 0.178 e. The first-order valence-corrected chi connectivity index (χ1v) is 7.18. The van der Waals surface area contributed by atoms with Crippen LogP contribution >= 0.6 is 22.6 Å². The first kappa shape index (κ1) is 11.8. The van der Waals surface area contributed by atoms with Crippen LogP contribution in [0.1, 0.15) is 32.1 Å². The molecule has 1 saturated carbocycles. The van der Waals surface area contributed by atoms with Gasteiger partial charge in [0.1, 0.15) is 5.78 Å². The largest absolute Gasteiger partial charge is 0.347 e. The minimum absolute atomic E-state index is 0.00273. The lowest BCUT2D eigenvalue weighted by molar-refractivity contribution is -0.198. The van der Waals surface area contributed by atoms with Crippen LogP contribution in [0, 0.1) is 5.92 Å². The van der Waals surface area contributed by atoms with E-state index >= 15 is 0 Å². The molecule has 1 atom stereocenters. The zero-order valence-electron chi connectivity index (χ0n) is 8.84. The molecule has 0 aromatic carbocycles. The first-order chi connectivity index (χ1) is 7.28. The zero-order chi connectivity index (χ0) is 10.7. The maximum absolute atomic E-state index is 11.8. The summed E-state index contributed by atoms with van der Waals surface area (Å²) in [6, 6.07) is 0.